The Kier molecular flexibility index (Phi) is 3.19. The van der Waals surface area contributed by atoms with Gasteiger partial charge in [-0.25, -0.2) is 4.39 Å². The summed E-state index contributed by atoms with van der Waals surface area (Å²) in [7, 11) is 0. The van der Waals surface area contributed by atoms with Gasteiger partial charge in [-0.15, -0.1) is 0 Å². The lowest BCUT2D eigenvalue weighted by Crippen LogP contribution is -2.11. The molecule has 1 N–H and O–H groups in total. The van der Waals surface area contributed by atoms with Crippen LogP contribution in [0.2, 0.25) is 0 Å². The summed E-state index contributed by atoms with van der Waals surface area (Å²) in [6.45, 7) is 2.10. The average molecular weight is 258 g/mol. The van der Waals surface area contributed by atoms with Gasteiger partial charge in [0.2, 0.25) is 0 Å². The maximum absolute atomic E-state index is 13.5. The molecule has 0 aromatic heterocycles. The summed E-state index contributed by atoms with van der Waals surface area (Å²) < 4.78 is 14.3. The Labute approximate surface area is 91.8 Å². The fourth-order valence-corrected chi connectivity index (χ4v) is 2.22. The molecule has 1 aromatic rings. The van der Waals surface area contributed by atoms with Crippen molar-refractivity contribution in [3.05, 3.63) is 34.1 Å². The second-order valence-electron chi connectivity index (χ2n) is 3.80. The molecular formula is C11H13BrFN. The highest BCUT2D eigenvalue weighted by atomic mass is 79.9. The normalized spacial score (nSPS) is 21.4. The Morgan fingerprint density at radius 1 is 1.50 bits per heavy atom. The zero-order valence-corrected chi connectivity index (χ0v) is 9.48. The minimum atomic E-state index is -0.0914. The molecule has 3 heteroatoms. The van der Waals surface area contributed by atoms with Gasteiger partial charge in [0.1, 0.15) is 5.82 Å². The van der Waals surface area contributed by atoms with Crippen molar-refractivity contribution >= 4 is 15.9 Å². The van der Waals surface area contributed by atoms with Gasteiger partial charge in [-0.3, -0.25) is 0 Å². The second-order valence-corrected chi connectivity index (χ2v) is 4.71. The lowest BCUT2D eigenvalue weighted by atomic mass is 9.98. The Balaban J connectivity index is 2.08. The van der Waals surface area contributed by atoms with E-state index in [-0.39, 0.29) is 5.82 Å². The summed E-state index contributed by atoms with van der Waals surface area (Å²) >= 11 is 3.26. The van der Waals surface area contributed by atoms with Gasteiger partial charge in [0.15, 0.2) is 0 Å². The van der Waals surface area contributed by atoms with Gasteiger partial charge < -0.3 is 5.32 Å². The van der Waals surface area contributed by atoms with Crippen molar-refractivity contribution in [2.45, 2.75) is 12.8 Å². The van der Waals surface area contributed by atoms with Crippen LogP contribution in [-0.2, 0) is 6.42 Å². The molecule has 76 valence electrons. The Morgan fingerprint density at radius 2 is 2.36 bits per heavy atom. The number of hydrogen-bond acceptors (Lipinski definition) is 1. The molecule has 0 radical (unpaired) electrons. The maximum Gasteiger partial charge on any atom is 0.127 e. The van der Waals surface area contributed by atoms with Crippen LogP contribution in [0.15, 0.2) is 22.7 Å². The monoisotopic (exact) mass is 257 g/mol. The Bertz CT molecular complexity index is 321. The Hall–Kier alpha value is -0.410. The number of hydrogen-bond donors (Lipinski definition) is 1. The summed E-state index contributed by atoms with van der Waals surface area (Å²) in [4.78, 5) is 0. The van der Waals surface area contributed by atoms with Crippen LogP contribution < -0.4 is 5.32 Å². The van der Waals surface area contributed by atoms with E-state index in [4.69, 9.17) is 0 Å². The maximum atomic E-state index is 13.5. The fraction of sp³-hybridized carbons (Fsp3) is 0.455. The smallest absolute Gasteiger partial charge is 0.127 e. The Morgan fingerprint density at radius 3 is 3.00 bits per heavy atom. The van der Waals surface area contributed by atoms with Crippen LogP contribution in [0.5, 0.6) is 0 Å². The van der Waals surface area contributed by atoms with Crippen molar-refractivity contribution in [2.24, 2.45) is 5.92 Å². The van der Waals surface area contributed by atoms with Gasteiger partial charge in [0.05, 0.1) is 0 Å². The van der Waals surface area contributed by atoms with Gasteiger partial charge in [-0.2, -0.15) is 0 Å². The van der Waals surface area contributed by atoms with Crippen molar-refractivity contribution in [1.29, 1.82) is 0 Å². The first-order chi connectivity index (χ1) is 6.75. The third kappa shape index (κ3) is 2.34. The summed E-state index contributed by atoms with van der Waals surface area (Å²) in [6.07, 6.45) is 2.02. The van der Waals surface area contributed by atoms with Crippen LogP contribution in [0.3, 0.4) is 0 Å². The molecule has 14 heavy (non-hydrogen) atoms. The van der Waals surface area contributed by atoms with Gasteiger partial charge in [-0.05, 0) is 49.5 Å². The number of nitrogens with one attached hydrogen (secondary N) is 1. The molecule has 1 aliphatic rings. The van der Waals surface area contributed by atoms with Crippen LogP contribution in [-0.4, -0.2) is 13.1 Å². The summed E-state index contributed by atoms with van der Waals surface area (Å²) in [5.74, 6) is 0.511. The van der Waals surface area contributed by atoms with E-state index in [0.29, 0.717) is 5.92 Å². The molecular weight excluding hydrogens is 245 g/mol. The van der Waals surface area contributed by atoms with Crippen LogP contribution in [0.25, 0.3) is 0 Å². The molecule has 0 bridgehead atoms. The zero-order valence-electron chi connectivity index (χ0n) is 7.89. The second kappa shape index (κ2) is 4.41. The summed E-state index contributed by atoms with van der Waals surface area (Å²) in [5.41, 5.74) is 0.835. The van der Waals surface area contributed by atoms with E-state index in [1.54, 1.807) is 0 Å². The molecule has 2 rings (SSSR count). The van der Waals surface area contributed by atoms with Gasteiger partial charge in [0, 0.05) is 4.47 Å². The number of benzene rings is 1. The largest absolute Gasteiger partial charge is 0.316 e. The third-order valence-electron chi connectivity index (χ3n) is 2.69. The van der Waals surface area contributed by atoms with Crippen LogP contribution in [0.4, 0.5) is 4.39 Å². The van der Waals surface area contributed by atoms with Crippen molar-refractivity contribution in [2.75, 3.05) is 13.1 Å². The van der Waals surface area contributed by atoms with Gasteiger partial charge in [0.25, 0.3) is 0 Å². The molecule has 1 aromatic carbocycles. The molecule has 1 aliphatic heterocycles. The van der Waals surface area contributed by atoms with Crippen molar-refractivity contribution in [3.8, 4) is 0 Å². The molecule has 1 nitrogen and oxygen atoms in total. The highest BCUT2D eigenvalue weighted by Crippen LogP contribution is 2.20. The van der Waals surface area contributed by atoms with Crippen molar-refractivity contribution in [3.63, 3.8) is 0 Å². The third-order valence-corrected chi connectivity index (χ3v) is 3.18. The molecule has 0 aliphatic carbocycles. The molecule has 1 fully saturated rings. The lowest BCUT2D eigenvalue weighted by molar-refractivity contribution is 0.543. The van der Waals surface area contributed by atoms with Crippen LogP contribution in [0, 0.1) is 11.7 Å². The van der Waals surface area contributed by atoms with Crippen molar-refractivity contribution in [1.82, 2.24) is 5.32 Å². The predicted molar refractivity (Wildman–Crippen MR) is 58.8 cm³/mol. The van der Waals surface area contributed by atoms with E-state index in [2.05, 4.69) is 21.2 Å². The fourth-order valence-electron chi connectivity index (χ4n) is 1.89. The predicted octanol–water partition coefficient (Wildman–Crippen LogP) is 2.74. The molecule has 1 heterocycles. The SMILES string of the molecule is Fc1cc(Br)ccc1CC1CCNC1. The van der Waals surface area contributed by atoms with Gasteiger partial charge in [-0.1, -0.05) is 22.0 Å². The minimum Gasteiger partial charge on any atom is -0.316 e. The van der Waals surface area contributed by atoms with E-state index < -0.39 is 0 Å². The first kappa shape index (κ1) is 10.1. The van der Waals surface area contributed by atoms with Gasteiger partial charge >= 0.3 is 0 Å². The highest BCUT2D eigenvalue weighted by molar-refractivity contribution is 9.10. The van der Waals surface area contributed by atoms with E-state index >= 15 is 0 Å². The van der Waals surface area contributed by atoms with E-state index in [0.717, 1.165) is 36.0 Å². The highest BCUT2D eigenvalue weighted by Gasteiger charge is 2.16. The summed E-state index contributed by atoms with van der Waals surface area (Å²) in [6, 6.07) is 5.32. The zero-order chi connectivity index (χ0) is 9.97. The van der Waals surface area contributed by atoms with E-state index in [1.165, 1.54) is 6.07 Å². The molecule has 0 saturated carbocycles. The average Bonchev–Trinajstić information content (AvgIpc) is 2.62. The lowest BCUT2D eigenvalue weighted by Gasteiger charge is -2.09. The van der Waals surface area contributed by atoms with Crippen LogP contribution >= 0.6 is 15.9 Å². The number of rotatable bonds is 2. The van der Waals surface area contributed by atoms with E-state index in [1.807, 2.05) is 12.1 Å². The van der Waals surface area contributed by atoms with Crippen LogP contribution in [0.1, 0.15) is 12.0 Å². The standard InChI is InChI=1S/C11H13BrFN/c12-10-2-1-9(11(13)6-10)5-8-3-4-14-7-8/h1-2,6,8,14H,3-5,7H2. The molecule has 1 unspecified atom stereocenters. The molecule has 1 atom stereocenters. The van der Waals surface area contributed by atoms with E-state index in [9.17, 15) is 4.39 Å². The molecule has 0 amide bonds. The number of halogens is 2. The topological polar surface area (TPSA) is 12.0 Å². The minimum absolute atomic E-state index is 0.0914. The summed E-state index contributed by atoms with van der Waals surface area (Å²) in [5, 5.41) is 3.29. The first-order valence-electron chi connectivity index (χ1n) is 4.90. The molecule has 1 saturated heterocycles. The van der Waals surface area contributed by atoms with Crippen molar-refractivity contribution < 1.29 is 4.39 Å². The first-order valence-corrected chi connectivity index (χ1v) is 5.69. The quantitative estimate of drug-likeness (QED) is 0.860. The molecule has 0 spiro atoms.